The quantitative estimate of drug-likeness (QED) is 0.854. The first-order valence-electron chi connectivity index (χ1n) is 5.99. The minimum absolute atomic E-state index is 0.0226. The highest BCUT2D eigenvalue weighted by Crippen LogP contribution is 2.28. The Morgan fingerprint density at radius 1 is 1.48 bits per heavy atom. The molecule has 0 saturated heterocycles. The summed E-state index contributed by atoms with van der Waals surface area (Å²) >= 11 is 1.48. The summed E-state index contributed by atoms with van der Waals surface area (Å²) in [6, 6.07) is 7.36. The number of hydrogen-bond donors (Lipinski definition) is 1. The second kappa shape index (κ2) is 6.51. The van der Waals surface area contributed by atoms with Crippen LogP contribution in [0.25, 0.3) is 16.6 Å². The van der Waals surface area contributed by atoms with Crippen molar-refractivity contribution in [2.45, 2.75) is 13.0 Å². The third kappa shape index (κ3) is 3.56. The van der Waals surface area contributed by atoms with Crippen LogP contribution in [-0.2, 0) is 11.3 Å². The Labute approximate surface area is 124 Å². The second-order valence-electron chi connectivity index (χ2n) is 4.10. The molecule has 1 N–H and O–H groups in total. The van der Waals surface area contributed by atoms with Gasteiger partial charge in [-0.1, -0.05) is 6.07 Å². The van der Waals surface area contributed by atoms with Crippen molar-refractivity contribution in [1.29, 1.82) is 10.5 Å². The van der Waals surface area contributed by atoms with E-state index in [2.05, 4.69) is 5.10 Å². The van der Waals surface area contributed by atoms with Crippen molar-refractivity contribution < 1.29 is 9.90 Å². The van der Waals surface area contributed by atoms with Crippen LogP contribution in [0.5, 0.6) is 0 Å². The Morgan fingerprint density at radius 3 is 2.81 bits per heavy atom. The Balaban J connectivity index is 2.42. The van der Waals surface area contributed by atoms with Gasteiger partial charge in [0.2, 0.25) is 0 Å². The fourth-order valence-corrected chi connectivity index (χ4v) is 2.45. The van der Waals surface area contributed by atoms with E-state index in [9.17, 15) is 4.79 Å². The summed E-state index contributed by atoms with van der Waals surface area (Å²) in [7, 11) is 0. The van der Waals surface area contributed by atoms with Crippen LogP contribution < -0.4 is 0 Å². The van der Waals surface area contributed by atoms with E-state index in [1.807, 2.05) is 17.5 Å². The fourth-order valence-electron chi connectivity index (χ4n) is 1.72. The van der Waals surface area contributed by atoms with Gasteiger partial charge in [0.1, 0.15) is 23.4 Å². The first-order chi connectivity index (χ1) is 10.1. The fraction of sp³-hybridized carbons (Fsp3) is 0.143. The van der Waals surface area contributed by atoms with Gasteiger partial charge in [-0.05, 0) is 17.5 Å². The monoisotopic (exact) mass is 298 g/mol. The number of rotatable bonds is 5. The summed E-state index contributed by atoms with van der Waals surface area (Å²) in [6.07, 6.45) is 3.06. The van der Waals surface area contributed by atoms with Crippen molar-refractivity contribution in [2.75, 3.05) is 0 Å². The van der Waals surface area contributed by atoms with E-state index < -0.39 is 5.97 Å². The van der Waals surface area contributed by atoms with Gasteiger partial charge < -0.3 is 5.11 Å². The zero-order chi connectivity index (χ0) is 15.2. The topological polar surface area (TPSA) is 103 Å². The van der Waals surface area contributed by atoms with Gasteiger partial charge in [-0.25, -0.2) is 0 Å². The van der Waals surface area contributed by atoms with E-state index in [0.29, 0.717) is 11.3 Å². The van der Waals surface area contributed by atoms with E-state index in [4.69, 9.17) is 15.6 Å². The van der Waals surface area contributed by atoms with Crippen LogP contribution in [0.4, 0.5) is 0 Å². The Hall–Kier alpha value is -2.90. The highest BCUT2D eigenvalue weighted by molar-refractivity contribution is 7.13. The van der Waals surface area contributed by atoms with Crippen LogP contribution in [0.2, 0.25) is 0 Å². The highest BCUT2D eigenvalue weighted by atomic mass is 32.1. The first kappa shape index (κ1) is 14.5. The third-order valence-electron chi connectivity index (χ3n) is 2.64. The van der Waals surface area contributed by atoms with Gasteiger partial charge in [0.05, 0.1) is 17.8 Å². The predicted octanol–water partition coefficient (Wildman–Crippen LogP) is 2.52. The van der Waals surface area contributed by atoms with Gasteiger partial charge in [0.15, 0.2) is 0 Å². The maximum absolute atomic E-state index is 10.6. The lowest BCUT2D eigenvalue weighted by atomic mass is 10.1. The predicted molar refractivity (Wildman–Crippen MR) is 77.0 cm³/mol. The Morgan fingerprint density at radius 2 is 2.24 bits per heavy atom. The average Bonchev–Trinajstić information content (AvgIpc) is 3.11. The zero-order valence-electron chi connectivity index (χ0n) is 10.9. The van der Waals surface area contributed by atoms with Gasteiger partial charge in [0, 0.05) is 11.8 Å². The van der Waals surface area contributed by atoms with E-state index in [0.717, 1.165) is 4.88 Å². The smallest absolute Gasteiger partial charge is 0.305 e. The molecule has 2 aromatic rings. The SMILES string of the molecule is N#CC(C#N)=Cc1cn(CCC(=O)O)nc1-c1cccs1. The maximum atomic E-state index is 10.6. The van der Waals surface area contributed by atoms with Crippen LogP contribution in [0.15, 0.2) is 29.3 Å². The molecule has 0 atom stereocenters. The van der Waals surface area contributed by atoms with Crippen molar-refractivity contribution in [2.24, 2.45) is 0 Å². The standard InChI is InChI=1S/C14H10N4O2S/c15-7-10(8-16)6-11-9-18(4-3-13(19)20)17-14(11)12-2-1-5-21-12/h1-2,5-6,9H,3-4H2,(H,19,20). The summed E-state index contributed by atoms with van der Waals surface area (Å²) in [6.45, 7) is 0.232. The molecule has 0 fully saturated rings. The Kier molecular flexibility index (Phi) is 4.50. The number of carboxylic acids is 1. The number of hydrogen-bond acceptors (Lipinski definition) is 5. The molecule has 2 heterocycles. The van der Waals surface area contributed by atoms with Crippen LogP contribution in [0.1, 0.15) is 12.0 Å². The molecule has 21 heavy (non-hydrogen) atoms. The second-order valence-corrected chi connectivity index (χ2v) is 5.05. The lowest BCUT2D eigenvalue weighted by Crippen LogP contribution is -2.04. The molecule has 7 heteroatoms. The molecule has 0 aromatic carbocycles. The molecule has 0 radical (unpaired) electrons. The van der Waals surface area contributed by atoms with Crippen LogP contribution in [-0.4, -0.2) is 20.9 Å². The number of aromatic nitrogens is 2. The summed E-state index contributed by atoms with van der Waals surface area (Å²) in [5, 5.41) is 32.7. The van der Waals surface area contributed by atoms with Crippen LogP contribution >= 0.6 is 11.3 Å². The molecule has 2 aromatic heterocycles. The van der Waals surface area contributed by atoms with Crippen molar-refractivity contribution in [3.05, 3.63) is 34.8 Å². The largest absolute Gasteiger partial charge is 0.481 e. The summed E-state index contributed by atoms with van der Waals surface area (Å²) in [5.74, 6) is -0.907. The first-order valence-corrected chi connectivity index (χ1v) is 6.87. The molecule has 0 spiro atoms. The van der Waals surface area contributed by atoms with Gasteiger partial charge in [-0.2, -0.15) is 15.6 Å². The minimum atomic E-state index is -0.907. The zero-order valence-corrected chi connectivity index (χ0v) is 11.7. The van der Waals surface area contributed by atoms with Gasteiger partial charge in [-0.3, -0.25) is 9.48 Å². The number of carbonyl (C=O) groups is 1. The van der Waals surface area contributed by atoms with Gasteiger partial charge in [-0.15, -0.1) is 11.3 Å². The number of nitrogens with zero attached hydrogens (tertiary/aromatic N) is 4. The van der Waals surface area contributed by atoms with Crippen LogP contribution in [0, 0.1) is 22.7 Å². The van der Waals surface area contributed by atoms with Crippen molar-refractivity contribution in [1.82, 2.24) is 9.78 Å². The maximum Gasteiger partial charge on any atom is 0.305 e. The molecule has 6 nitrogen and oxygen atoms in total. The van der Waals surface area contributed by atoms with E-state index in [1.165, 1.54) is 22.1 Å². The van der Waals surface area contributed by atoms with Crippen molar-refractivity contribution in [3.63, 3.8) is 0 Å². The van der Waals surface area contributed by atoms with E-state index in [1.54, 1.807) is 18.3 Å². The number of aryl methyl sites for hydroxylation is 1. The molecule has 0 saturated carbocycles. The molecule has 0 aliphatic rings. The number of nitriles is 2. The molecule has 104 valence electrons. The molecule has 0 bridgehead atoms. The number of allylic oxidation sites excluding steroid dienone is 1. The van der Waals surface area contributed by atoms with E-state index >= 15 is 0 Å². The van der Waals surface area contributed by atoms with Gasteiger partial charge in [0.25, 0.3) is 0 Å². The molecular formula is C14H10N4O2S. The van der Waals surface area contributed by atoms with Crippen LogP contribution in [0.3, 0.4) is 0 Å². The molecule has 0 amide bonds. The normalized spacial score (nSPS) is 9.62. The minimum Gasteiger partial charge on any atom is -0.481 e. The molecule has 0 aliphatic carbocycles. The molecular weight excluding hydrogens is 288 g/mol. The number of aliphatic carboxylic acids is 1. The summed E-state index contributed by atoms with van der Waals surface area (Å²) < 4.78 is 1.52. The summed E-state index contributed by atoms with van der Waals surface area (Å²) in [5.41, 5.74) is 1.24. The third-order valence-corrected chi connectivity index (χ3v) is 3.52. The van der Waals surface area contributed by atoms with Crippen molar-refractivity contribution >= 4 is 23.4 Å². The molecule has 2 rings (SSSR count). The highest BCUT2D eigenvalue weighted by Gasteiger charge is 2.12. The van der Waals surface area contributed by atoms with Crippen molar-refractivity contribution in [3.8, 4) is 22.7 Å². The average molecular weight is 298 g/mol. The van der Waals surface area contributed by atoms with E-state index in [-0.39, 0.29) is 18.5 Å². The lowest BCUT2D eigenvalue weighted by molar-refractivity contribution is -0.137. The number of carboxylic acid groups (broad SMARTS) is 1. The Bertz CT molecular complexity index is 744. The number of thiophene rings is 1. The molecule has 0 unspecified atom stereocenters. The van der Waals surface area contributed by atoms with Gasteiger partial charge >= 0.3 is 5.97 Å². The lowest BCUT2D eigenvalue weighted by Gasteiger charge is -1.96. The summed E-state index contributed by atoms with van der Waals surface area (Å²) in [4.78, 5) is 11.5. The molecule has 0 aliphatic heterocycles.